The highest BCUT2D eigenvalue weighted by Crippen LogP contribution is 2.27. The standard InChI is InChI=1S/C18H19NO3/c1-12(2)18(21)19-15-11-14(9-10-16(15)22-3)17(20)13-7-5-4-6-8-13/h4-12H,1-3H3,(H,19,21). The van der Waals surface area contributed by atoms with E-state index < -0.39 is 0 Å². The van der Waals surface area contributed by atoms with Gasteiger partial charge in [0.2, 0.25) is 5.91 Å². The lowest BCUT2D eigenvalue weighted by Gasteiger charge is -2.13. The van der Waals surface area contributed by atoms with Gasteiger partial charge in [0.15, 0.2) is 5.78 Å². The first kappa shape index (κ1) is 15.8. The van der Waals surface area contributed by atoms with Crippen LogP contribution in [0.1, 0.15) is 29.8 Å². The summed E-state index contributed by atoms with van der Waals surface area (Å²) in [6.07, 6.45) is 0. The molecule has 0 fully saturated rings. The van der Waals surface area contributed by atoms with Gasteiger partial charge < -0.3 is 10.1 Å². The SMILES string of the molecule is COc1ccc(C(=O)c2ccccc2)cc1NC(=O)C(C)C. The number of nitrogens with one attached hydrogen (secondary N) is 1. The van der Waals surface area contributed by atoms with Crippen LogP contribution in [0.2, 0.25) is 0 Å². The maximum atomic E-state index is 12.5. The molecule has 4 nitrogen and oxygen atoms in total. The molecule has 0 aliphatic rings. The normalized spacial score (nSPS) is 10.4. The molecule has 0 spiro atoms. The zero-order valence-electron chi connectivity index (χ0n) is 12.9. The molecule has 0 unspecified atom stereocenters. The molecule has 1 amide bonds. The Balaban J connectivity index is 2.34. The van der Waals surface area contributed by atoms with E-state index in [4.69, 9.17) is 4.74 Å². The quantitative estimate of drug-likeness (QED) is 0.859. The molecule has 2 aromatic rings. The van der Waals surface area contributed by atoms with Crippen LogP contribution in [0.25, 0.3) is 0 Å². The lowest BCUT2D eigenvalue weighted by atomic mass is 10.0. The maximum Gasteiger partial charge on any atom is 0.227 e. The molecule has 0 bridgehead atoms. The molecule has 22 heavy (non-hydrogen) atoms. The Kier molecular flexibility index (Phi) is 4.94. The largest absolute Gasteiger partial charge is 0.495 e. The molecule has 0 aliphatic heterocycles. The van der Waals surface area contributed by atoms with E-state index >= 15 is 0 Å². The van der Waals surface area contributed by atoms with E-state index in [1.165, 1.54) is 7.11 Å². The van der Waals surface area contributed by atoms with Crippen molar-refractivity contribution in [2.45, 2.75) is 13.8 Å². The second-order valence-electron chi connectivity index (χ2n) is 5.25. The third kappa shape index (κ3) is 3.52. The second-order valence-corrected chi connectivity index (χ2v) is 5.25. The maximum absolute atomic E-state index is 12.5. The zero-order chi connectivity index (χ0) is 16.1. The van der Waals surface area contributed by atoms with E-state index in [2.05, 4.69) is 5.32 Å². The van der Waals surface area contributed by atoms with Crippen molar-refractivity contribution in [2.75, 3.05) is 12.4 Å². The minimum Gasteiger partial charge on any atom is -0.495 e. The summed E-state index contributed by atoms with van der Waals surface area (Å²) in [4.78, 5) is 24.3. The Morgan fingerprint density at radius 2 is 1.68 bits per heavy atom. The van der Waals surface area contributed by atoms with Crippen LogP contribution >= 0.6 is 0 Å². The van der Waals surface area contributed by atoms with Gasteiger partial charge >= 0.3 is 0 Å². The fourth-order valence-electron chi connectivity index (χ4n) is 1.98. The van der Waals surface area contributed by atoms with Gasteiger partial charge in [-0.05, 0) is 18.2 Å². The minimum absolute atomic E-state index is 0.0942. The lowest BCUT2D eigenvalue weighted by molar-refractivity contribution is -0.118. The molecule has 2 rings (SSSR count). The highest BCUT2D eigenvalue weighted by Gasteiger charge is 2.15. The molecular weight excluding hydrogens is 278 g/mol. The van der Waals surface area contributed by atoms with Gasteiger partial charge in [0.25, 0.3) is 0 Å². The Hall–Kier alpha value is -2.62. The van der Waals surface area contributed by atoms with Gasteiger partial charge in [0.1, 0.15) is 5.75 Å². The Bertz CT molecular complexity index is 678. The summed E-state index contributed by atoms with van der Waals surface area (Å²) in [5.41, 5.74) is 1.61. The molecule has 4 heteroatoms. The first-order chi connectivity index (χ1) is 10.5. The minimum atomic E-state index is -0.154. The third-order valence-corrected chi connectivity index (χ3v) is 3.28. The number of hydrogen-bond acceptors (Lipinski definition) is 3. The smallest absolute Gasteiger partial charge is 0.227 e. The predicted octanol–water partition coefficient (Wildman–Crippen LogP) is 3.52. The average Bonchev–Trinajstić information content (AvgIpc) is 2.54. The van der Waals surface area contributed by atoms with Crippen LogP contribution in [0.15, 0.2) is 48.5 Å². The number of ketones is 1. The van der Waals surface area contributed by atoms with Crippen molar-refractivity contribution in [3.05, 3.63) is 59.7 Å². The van der Waals surface area contributed by atoms with Gasteiger partial charge in [0.05, 0.1) is 12.8 Å². The summed E-state index contributed by atoms with van der Waals surface area (Å²) in [5.74, 6) is 0.155. The van der Waals surface area contributed by atoms with Gasteiger partial charge in [-0.3, -0.25) is 9.59 Å². The molecule has 0 aliphatic carbocycles. The summed E-state index contributed by atoms with van der Waals surface area (Å²) in [5, 5.41) is 2.79. The second kappa shape index (κ2) is 6.89. The molecule has 0 saturated carbocycles. The molecule has 114 valence electrons. The highest BCUT2D eigenvalue weighted by molar-refractivity contribution is 6.10. The van der Waals surface area contributed by atoms with Crippen LogP contribution in [0.5, 0.6) is 5.75 Å². The van der Waals surface area contributed by atoms with E-state index in [1.807, 2.05) is 18.2 Å². The fraction of sp³-hybridized carbons (Fsp3) is 0.222. The van der Waals surface area contributed by atoms with Crippen LogP contribution in [0.4, 0.5) is 5.69 Å². The molecule has 0 radical (unpaired) electrons. The summed E-state index contributed by atoms with van der Waals surface area (Å²) in [7, 11) is 1.53. The molecule has 0 atom stereocenters. The summed E-state index contributed by atoms with van der Waals surface area (Å²) in [6, 6.07) is 14.0. The van der Waals surface area contributed by atoms with Crippen LogP contribution in [-0.2, 0) is 4.79 Å². The molecule has 2 aromatic carbocycles. The Labute approximate surface area is 130 Å². The average molecular weight is 297 g/mol. The van der Waals surface area contributed by atoms with Crippen molar-refractivity contribution >= 4 is 17.4 Å². The number of ether oxygens (including phenoxy) is 1. The van der Waals surface area contributed by atoms with Gasteiger partial charge in [-0.25, -0.2) is 0 Å². The van der Waals surface area contributed by atoms with Crippen molar-refractivity contribution in [3.63, 3.8) is 0 Å². The van der Waals surface area contributed by atoms with Crippen LogP contribution in [-0.4, -0.2) is 18.8 Å². The summed E-state index contributed by atoms with van der Waals surface area (Å²) in [6.45, 7) is 3.61. The Morgan fingerprint density at radius 1 is 1.00 bits per heavy atom. The van der Waals surface area contributed by atoms with E-state index in [0.717, 1.165) is 0 Å². The van der Waals surface area contributed by atoms with E-state index in [-0.39, 0.29) is 17.6 Å². The van der Waals surface area contributed by atoms with Crippen molar-refractivity contribution in [3.8, 4) is 5.75 Å². The van der Waals surface area contributed by atoms with Crippen LogP contribution in [0, 0.1) is 5.92 Å². The zero-order valence-corrected chi connectivity index (χ0v) is 12.9. The molecule has 1 N–H and O–H groups in total. The number of carbonyl (C=O) groups is 2. The van der Waals surface area contributed by atoms with E-state index in [0.29, 0.717) is 22.6 Å². The number of methoxy groups -OCH3 is 1. The van der Waals surface area contributed by atoms with Crippen molar-refractivity contribution in [1.82, 2.24) is 0 Å². The Morgan fingerprint density at radius 3 is 2.27 bits per heavy atom. The number of benzene rings is 2. The van der Waals surface area contributed by atoms with Crippen molar-refractivity contribution < 1.29 is 14.3 Å². The topological polar surface area (TPSA) is 55.4 Å². The van der Waals surface area contributed by atoms with Gasteiger partial charge in [-0.15, -0.1) is 0 Å². The number of anilines is 1. The van der Waals surface area contributed by atoms with Crippen molar-refractivity contribution in [2.24, 2.45) is 5.92 Å². The van der Waals surface area contributed by atoms with Gasteiger partial charge in [-0.1, -0.05) is 44.2 Å². The number of amides is 1. The first-order valence-corrected chi connectivity index (χ1v) is 7.11. The third-order valence-electron chi connectivity index (χ3n) is 3.28. The molecule has 0 heterocycles. The predicted molar refractivity (Wildman–Crippen MR) is 86.3 cm³/mol. The fourth-order valence-corrected chi connectivity index (χ4v) is 1.98. The number of hydrogen-bond donors (Lipinski definition) is 1. The number of rotatable bonds is 5. The van der Waals surface area contributed by atoms with E-state index in [1.54, 1.807) is 44.2 Å². The number of carbonyl (C=O) groups excluding carboxylic acids is 2. The summed E-state index contributed by atoms with van der Waals surface area (Å²) < 4.78 is 5.24. The monoisotopic (exact) mass is 297 g/mol. The lowest BCUT2D eigenvalue weighted by Crippen LogP contribution is -2.18. The highest BCUT2D eigenvalue weighted by atomic mass is 16.5. The van der Waals surface area contributed by atoms with Gasteiger partial charge in [-0.2, -0.15) is 0 Å². The molecular formula is C18H19NO3. The first-order valence-electron chi connectivity index (χ1n) is 7.11. The van der Waals surface area contributed by atoms with Gasteiger partial charge in [0, 0.05) is 17.0 Å². The van der Waals surface area contributed by atoms with E-state index in [9.17, 15) is 9.59 Å². The molecule has 0 saturated heterocycles. The summed E-state index contributed by atoms with van der Waals surface area (Å²) >= 11 is 0. The van der Waals surface area contributed by atoms with Crippen molar-refractivity contribution in [1.29, 1.82) is 0 Å². The van der Waals surface area contributed by atoms with Crippen LogP contribution < -0.4 is 10.1 Å². The molecule has 0 aromatic heterocycles. The van der Waals surface area contributed by atoms with Crippen LogP contribution in [0.3, 0.4) is 0 Å².